The van der Waals surface area contributed by atoms with Crippen LogP contribution in [0, 0.1) is 5.82 Å². The molecule has 2 N–H and O–H groups in total. The second kappa shape index (κ2) is 4.56. The van der Waals surface area contributed by atoms with Crippen LogP contribution >= 0.6 is 11.6 Å². The van der Waals surface area contributed by atoms with Crippen molar-refractivity contribution < 1.29 is 13.7 Å². The Bertz CT molecular complexity index is 611. The van der Waals surface area contributed by atoms with Crippen molar-refractivity contribution in [3.8, 4) is 11.4 Å². The molecule has 1 aliphatic rings. The predicted molar refractivity (Wildman–Crippen MR) is 66.0 cm³/mol. The highest BCUT2D eigenvalue weighted by Crippen LogP contribution is 2.29. The first kappa shape index (κ1) is 12.5. The van der Waals surface area contributed by atoms with E-state index in [2.05, 4.69) is 10.1 Å². The third-order valence-electron chi connectivity index (χ3n) is 3.08. The summed E-state index contributed by atoms with van der Waals surface area (Å²) in [6, 6.07) is 4.23. The summed E-state index contributed by atoms with van der Waals surface area (Å²) in [5, 5.41) is 3.85. The van der Waals surface area contributed by atoms with Gasteiger partial charge >= 0.3 is 0 Å². The van der Waals surface area contributed by atoms with Crippen molar-refractivity contribution in [1.82, 2.24) is 10.1 Å². The number of hydrogen-bond acceptors (Lipinski definition) is 5. The van der Waals surface area contributed by atoms with E-state index in [9.17, 15) is 4.39 Å². The van der Waals surface area contributed by atoms with Gasteiger partial charge in [-0.15, -0.1) is 0 Å². The van der Waals surface area contributed by atoms with Gasteiger partial charge in [0.2, 0.25) is 11.7 Å². The van der Waals surface area contributed by atoms with Gasteiger partial charge in [-0.2, -0.15) is 4.98 Å². The Hall–Kier alpha value is -1.50. The first-order valence-corrected chi connectivity index (χ1v) is 6.12. The number of nitrogens with two attached hydrogens (primary N) is 1. The van der Waals surface area contributed by atoms with Crippen LogP contribution in [0.3, 0.4) is 0 Å². The summed E-state index contributed by atoms with van der Waals surface area (Å²) in [7, 11) is 0. The maximum Gasteiger partial charge on any atom is 0.249 e. The number of halogens is 2. The number of nitrogens with zero attached hydrogens (tertiary/aromatic N) is 2. The molecule has 0 radical (unpaired) electrons. The minimum Gasteiger partial charge on any atom is -0.379 e. The van der Waals surface area contributed by atoms with Gasteiger partial charge in [0.1, 0.15) is 11.4 Å². The zero-order valence-corrected chi connectivity index (χ0v) is 10.7. The Morgan fingerprint density at radius 1 is 1.42 bits per heavy atom. The van der Waals surface area contributed by atoms with E-state index in [0.29, 0.717) is 36.9 Å². The minimum atomic E-state index is -0.741. The summed E-state index contributed by atoms with van der Waals surface area (Å²) in [4.78, 5) is 4.24. The second-order valence-electron chi connectivity index (χ2n) is 4.51. The first-order chi connectivity index (χ1) is 9.08. The predicted octanol–water partition coefficient (Wildman–Crippen LogP) is 2.10. The maximum absolute atomic E-state index is 13.1. The summed E-state index contributed by atoms with van der Waals surface area (Å²) in [6.45, 7) is 0.912. The second-order valence-corrected chi connectivity index (χ2v) is 4.92. The molecule has 0 saturated carbocycles. The quantitative estimate of drug-likeness (QED) is 0.913. The minimum absolute atomic E-state index is 0.00973. The lowest BCUT2D eigenvalue weighted by Crippen LogP contribution is -2.37. The topological polar surface area (TPSA) is 74.2 Å². The standard InChI is InChI=1S/C12H11ClFN3O2/c13-8-5-7(1-2-9(8)14)10-16-11(19-17-10)12(15)3-4-18-6-12/h1-2,5H,3-4,6,15H2. The highest BCUT2D eigenvalue weighted by Gasteiger charge is 2.38. The number of rotatable bonds is 2. The average molecular weight is 284 g/mol. The molecular formula is C12H11ClFN3O2. The van der Waals surface area contributed by atoms with Gasteiger partial charge in [0.25, 0.3) is 0 Å². The molecule has 1 fully saturated rings. The van der Waals surface area contributed by atoms with Crippen molar-refractivity contribution >= 4 is 11.6 Å². The third-order valence-corrected chi connectivity index (χ3v) is 3.37. The Morgan fingerprint density at radius 2 is 2.26 bits per heavy atom. The van der Waals surface area contributed by atoms with E-state index >= 15 is 0 Å². The Balaban J connectivity index is 1.94. The van der Waals surface area contributed by atoms with Crippen LogP contribution in [0.1, 0.15) is 12.3 Å². The molecule has 1 aromatic carbocycles. The molecule has 0 amide bonds. The number of hydrogen-bond donors (Lipinski definition) is 1. The highest BCUT2D eigenvalue weighted by atomic mass is 35.5. The highest BCUT2D eigenvalue weighted by molar-refractivity contribution is 6.31. The van der Waals surface area contributed by atoms with E-state index in [-0.39, 0.29) is 5.02 Å². The van der Waals surface area contributed by atoms with Gasteiger partial charge in [0.15, 0.2) is 0 Å². The van der Waals surface area contributed by atoms with E-state index in [1.165, 1.54) is 18.2 Å². The summed E-state index contributed by atoms with van der Waals surface area (Å²) in [5.74, 6) is 0.155. The van der Waals surface area contributed by atoms with Gasteiger partial charge in [0.05, 0.1) is 11.6 Å². The van der Waals surface area contributed by atoms with Crippen molar-refractivity contribution in [1.29, 1.82) is 0 Å². The molecular weight excluding hydrogens is 273 g/mol. The van der Waals surface area contributed by atoms with E-state index in [1.807, 2.05) is 0 Å². The zero-order valence-electron chi connectivity index (χ0n) is 9.90. The smallest absolute Gasteiger partial charge is 0.249 e. The molecule has 1 aliphatic heterocycles. The van der Waals surface area contributed by atoms with Crippen molar-refractivity contribution in [2.45, 2.75) is 12.0 Å². The molecule has 0 spiro atoms. The van der Waals surface area contributed by atoms with Gasteiger partial charge in [-0.05, 0) is 24.6 Å². The third kappa shape index (κ3) is 2.22. The van der Waals surface area contributed by atoms with Gasteiger partial charge < -0.3 is 15.0 Å². The van der Waals surface area contributed by atoms with Crippen molar-refractivity contribution in [3.05, 3.63) is 34.9 Å². The van der Waals surface area contributed by atoms with E-state index in [4.69, 9.17) is 26.6 Å². The molecule has 2 heterocycles. The molecule has 0 aliphatic carbocycles. The summed E-state index contributed by atoms with van der Waals surface area (Å²) >= 11 is 5.72. The van der Waals surface area contributed by atoms with Gasteiger partial charge in [-0.3, -0.25) is 0 Å². The summed E-state index contributed by atoms with van der Waals surface area (Å²) < 4.78 is 23.5. The molecule has 1 saturated heterocycles. The van der Waals surface area contributed by atoms with E-state index in [1.54, 1.807) is 0 Å². The Labute approximate surface area is 113 Å². The van der Waals surface area contributed by atoms with Crippen LogP contribution in [0.25, 0.3) is 11.4 Å². The lowest BCUT2D eigenvalue weighted by Gasteiger charge is -2.14. The summed E-state index contributed by atoms with van der Waals surface area (Å²) in [6.07, 6.45) is 0.624. The van der Waals surface area contributed by atoms with Gasteiger partial charge in [-0.1, -0.05) is 16.8 Å². The Kier molecular flexibility index (Phi) is 3.00. The fraction of sp³-hybridized carbons (Fsp3) is 0.333. The van der Waals surface area contributed by atoms with Crippen LogP contribution in [-0.2, 0) is 10.3 Å². The van der Waals surface area contributed by atoms with Crippen LogP contribution in [0.4, 0.5) is 4.39 Å². The SMILES string of the molecule is NC1(c2nc(-c3ccc(F)c(Cl)c3)no2)CCOC1. The molecule has 0 bridgehead atoms. The molecule has 3 rings (SSSR count). The first-order valence-electron chi connectivity index (χ1n) is 5.75. The van der Waals surface area contributed by atoms with Crippen LogP contribution in [0.5, 0.6) is 0 Å². The fourth-order valence-electron chi connectivity index (χ4n) is 1.93. The lowest BCUT2D eigenvalue weighted by atomic mass is 10.0. The number of ether oxygens (including phenoxy) is 1. The van der Waals surface area contributed by atoms with Crippen LogP contribution < -0.4 is 5.73 Å². The fourth-order valence-corrected chi connectivity index (χ4v) is 2.11. The molecule has 1 aromatic heterocycles. The number of benzene rings is 1. The monoisotopic (exact) mass is 283 g/mol. The lowest BCUT2D eigenvalue weighted by molar-refractivity contribution is 0.166. The van der Waals surface area contributed by atoms with Gasteiger partial charge in [0, 0.05) is 12.2 Å². The largest absolute Gasteiger partial charge is 0.379 e. The van der Waals surface area contributed by atoms with Crippen molar-refractivity contribution in [2.24, 2.45) is 5.73 Å². The number of aromatic nitrogens is 2. The molecule has 19 heavy (non-hydrogen) atoms. The van der Waals surface area contributed by atoms with Gasteiger partial charge in [-0.25, -0.2) is 4.39 Å². The molecule has 1 unspecified atom stereocenters. The van der Waals surface area contributed by atoms with E-state index < -0.39 is 11.4 Å². The molecule has 1 atom stereocenters. The Morgan fingerprint density at radius 3 is 2.95 bits per heavy atom. The molecule has 7 heteroatoms. The maximum atomic E-state index is 13.1. The van der Waals surface area contributed by atoms with E-state index in [0.717, 1.165) is 0 Å². The van der Waals surface area contributed by atoms with Crippen LogP contribution in [-0.4, -0.2) is 23.4 Å². The van der Waals surface area contributed by atoms with Crippen molar-refractivity contribution in [3.63, 3.8) is 0 Å². The van der Waals surface area contributed by atoms with Crippen LogP contribution in [0.2, 0.25) is 5.02 Å². The molecule has 5 nitrogen and oxygen atoms in total. The molecule has 100 valence electrons. The normalized spacial score (nSPS) is 22.9. The van der Waals surface area contributed by atoms with Crippen molar-refractivity contribution in [2.75, 3.05) is 13.2 Å². The summed E-state index contributed by atoms with van der Waals surface area (Å²) in [5.41, 5.74) is 5.95. The average Bonchev–Trinajstić information content (AvgIpc) is 3.02. The zero-order chi connectivity index (χ0) is 13.5. The van der Waals surface area contributed by atoms with Crippen LogP contribution in [0.15, 0.2) is 22.7 Å². The molecule has 2 aromatic rings.